The van der Waals surface area contributed by atoms with E-state index in [2.05, 4.69) is 15.3 Å². The Morgan fingerprint density at radius 1 is 1.62 bits per heavy atom. The first-order valence-electron chi connectivity index (χ1n) is 4.01. The fraction of sp³-hybridized carbons (Fsp3) is 0.375. The zero-order chi connectivity index (χ0) is 9.31. The third kappa shape index (κ3) is 1.44. The van der Waals surface area contributed by atoms with Crippen LogP contribution in [0.4, 0.5) is 4.79 Å². The quantitative estimate of drug-likeness (QED) is 0.701. The van der Waals surface area contributed by atoms with Crippen LogP contribution in [0.5, 0.6) is 0 Å². The maximum Gasteiger partial charge on any atom is 0.405 e. The Morgan fingerprint density at radius 3 is 2.85 bits per heavy atom. The van der Waals surface area contributed by atoms with Crippen molar-refractivity contribution < 1.29 is 9.90 Å². The van der Waals surface area contributed by atoms with E-state index >= 15 is 0 Å². The molecule has 0 atom stereocenters. The highest BCUT2D eigenvalue weighted by atomic mass is 16.4. The molecule has 1 aliphatic carbocycles. The Hall–Kier alpha value is -1.65. The van der Waals surface area contributed by atoms with Gasteiger partial charge in [0.2, 0.25) is 0 Å². The normalized spacial score (nSPS) is 17.8. The minimum atomic E-state index is -1.00. The third-order valence-corrected chi connectivity index (χ3v) is 2.17. The molecule has 2 N–H and O–H groups in total. The molecule has 1 fully saturated rings. The largest absolute Gasteiger partial charge is 0.465 e. The Bertz CT molecular complexity index is 321. The minimum absolute atomic E-state index is 0.436. The number of aromatic nitrogens is 2. The van der Waals surface area contributed by atoms with Crippen molar-refractivity contribution in [3.63, 3.8) is 0 Å². The molecule has 5 nitrogen and oxygen atoms in total. The maximum absolute atomic E-state index is 10.5. The summed E-state index contributed by atoms with van der Waals surface area (Å²) in [6, 6.07) is 1.74. The van der Waals surface area contributed by atoms with Crippen LogP contribution in [0.2, 0.25) is 0 Å². The van der Waals surface area contributed by atoms with Crippen molar-refractivity contribution in [2.75, 3.05) is 0 Å². The summed E-state index contributed by atoms with van der Waals surface area (Å²) in [6.45, 7) is 0. The highest BCUT2D eigenvalue weighted by Crippen LogP contribution is 2.44. The summed E-state index contributed by atoms with van der Waals surface area (Å²) >= 11 is 0. The van der Waals surface area contributed by atoms with Crippen LogP contribution in [0.15, 0.2) is 18.6 Å². The van der Waals surface area contributed by atoms with Crippen LogP contribution < -0.4 is 5.32 Å². The van der Waals surface area contributed by atoms with Crippen molar-refractivity contribution in [2.45, 2.75) is 18.4 Å². The van der Waals surface area contributed by atoms with Crippen LogP contribution >= 0.6 is 0 Å². The fourth-order valence-electron chi connectivity index (χ4n) is 1.35. The number of hydrogen-bond donors (Lipinski definition) is 2. The molecule has 0 unspecified atom stereocenters. The lowest BCUT2D eigenvalue weighted by Gasteiger charge is -2.13. The predicted octanol–water partition coefficient (Wildman–Crippen LogP) is 0.733. The summed E-state index contributed by atoms with van der Waals surface area (Å²) in [5, 5.41) is 11.1. The summed E-state index contributed by atoms with van der Waals surface area (Å²) in [6.07, 6.45) is 3.67. The lowest BCUT2D eigenvalue weighted by atomic mass is 10.2. The topological polar surface area (TPSA) is 75.1 Å². The van der Waals surface area contributed by atoms with E-state index in [1.54, 1.807) is 12.3 Å². The summed E-state index contributed by atoms with van der Waals surface area (Å²) in [5.74, 6) is 0. The molecule has 0 radical (unpaired) electrons. The van der Waals surface area contributed by atoms with E-state index in [4.69, 9.17) is 5.11 Å². The van der Waals surface area contributed by atoms with Gasteiger partial charge in [-0.25, -0.2) is 14.8 Å². The first kappa shape index (κ1) is 7.97. The molecule has 2 rings (SSSR count). The van der Waals surface area contributed by atoms with Gasteiger partial charge in [-0.05, 0) is 18.9 Å². The monoisotopic (exact) mass is 179 g/mol. The molecule has 1 aliphatic rings. The number of amides is 1. The van der Waals surface area contributed by atoms with Gasteiger partial charge in [0.1, 0.15) is 6.33 Å². The van der Waals surface area contributed by atoms with Crippen LogP contribution in [-0.4, -0.2) is 21.2 Å². The number of carboxylic acid groups (broad SMARTS) is 1. The van der Waals surface area contributed by atoms with Gasteiger partial charge in [-0.1, -0.05) is 0 Å². The van der Waals surface area contributed by atoms with Crippen LogP contribution in [0.1, 0.15) is 18.5 Å². The lowest BCUT2D eigenvalue weighted by molar-refractivity contribution is 0.188. The summed E-state index contributed by atoms with van der Waals surface area (Å²) in [5.41, 5.74) is 0.319. The Labute approximate surface area is 74.8 Å². The van der Waals surface area contributed by atoms with Crippen molar-refractivity contribution in [1.82, 2.24) is 15.3 Å². The number of rotatable bonds is 2. The van der Waals surface area contributed by atoms with E-state index in [0.717, 1.165) is 18.5 Å². The molecule has 0 aliphatic heterocycles. The maximum atomic E-state index is 10.5. The van der Waals surface area contributed by atoms with E-state index < -0.39 is 11.6 Å². The number of hydrogen-bond acceptors (Lipinski definition) is 3. The Morgan fingerprint density at radius 2 is 2.38 bits per heavy atom. The Kier molecular flexibility index (Phi) is 1.65. The summed E-state index contributed by atoms with van der Waals surface area (Å²) < 4.78 is 0. The highest BCUT2D eigenvalue weighted by molar-refractivity contribution is 5.66. The van der Waals surface area contributed by atoms with Gasteiger partial charge < -0.3 is 10.4 Å². The van der Waals surface area contributed by atoms with Gasteiger partial charge in [0.05, 0.1) is 11.2 Å². The van der Waals surface area contributed by atoms with E-state index in [0.29, 0.717) is 0 Å². The molecule has 0 aromatic carbocycles. The zero-order valence-electron chi connectivity index (χ0n) is 6.90. The van der Waals surface area contributed by atoms with E-state index in [9.17, 15) is 4.79 Å². The first-order chi connectivity index (χ1) is 6.23. The predicted molar refractivity (Wildman–Crippen MR) is 44.1 cm³/mol. The summed E-state index contributed by atoms with van der Waals surface area (Å²) in [7, 11) is 0. The van der Waals surface area contributed by atoms with Gasteiger partial charge in [0.15, 0.2) is 0 Å². The van der Waals surface area contributed by atoms with Crippen molar-refractivity contribution in [3.8, 4) is 0 Å². The lowest BCUT2D eigenvalue weighted by Crippen LogP contribution is -2.34. The molecule has 0 bridgehead atoms. The molecule has 0 spiro atoms. The minimum Gasteiger partial charge on any atom is -0.465 e. The smallest absolute Gasteiger partial charge is 0.405 e. The molecular formula is C8H9N3O2. The molecule has 1 heterocycles. The van der Waals surface area contributed by atoms with Crippen molar-refractivity contribution in [2.24, 2.45) is 0 Å². The van der Waals surface area contributed by atoms with Gasteiger partial charge in [0.25, 0.3) is 0 Å². The average Bonchev–Trinajstić information content (AvgIpc) is 2.86. The second-order valence-corrected chi connectivity index (χ2v) is 3.11. The molecule has 0 saturated heterocycles. The molecule has 1 amide bonds. The molecule has 1 aromatic rings. The SMILES string of the molecule is O=C(O)NC1(c2ccncn2)CC1. The summed E-state index contributed by atoms with van der Waals surface area (Å²) in [4.78, 5) is 18.3. The molecule has 13 heavy (non-hydrogen) atoms. The van der Waals surface area contributed by atoms with Gasteiger partial charge in [0, 0.05) is 6.20 Å². The van der Waals surface area contributed by atoms with Gasteiger partial charge in [-0.2, -0.15) is 0 Å². The number of carbonyl (C=O) groups is 1. The van der Waals surface area contributed by atoms with Crippen molar-refractivity contribution in [1.29, 1.82) is 0 Å². The van der Waals surface area contributed by atoms with Gasteiger partial charge in [-0.15, -0.1) is 0 Å². The van der Waals surface area contributed by atoms with Gasteiger partial charge >= 0.3 is 6.09 Å². The molecule has 5 heteroatoms. The third-order valence-electron chi connectivity index (χ3n) is 2.17. The first-order valence-corrected chi connectivity index (χ1v) is 4.01. The van der Waals surface area contributed by atoms with Crippen molar-refractivity contribution >= 4 is 6.09 Å². The second kappa shape index (κ2) is 2.69. The molecule has 68 valence electrons. The average molecular weight is 179 g/mol. The van der Waals surface area contributed by atoms with Crippen LogP contribution in [0.25, 0.3) is 0 Å². The molecular weight excluding hydrogens is 170 g/mol. The van der Waals surface area contributed by atoms with Crippen molar-refractivity contribution in [3.05, 3.63) is 24.3 Å². The van der Waals surface area contributed by atoms with E-state index in [1.165, 1.54) is 6.33 Å². The van der Waals surface area contributed by atoms with Crippen LogP contribution in [0, 0.1) is 0 Å². The van der Waals surface area contributed by atoms with Crippen LogP contribution in [0.3, 0.4) is 0 Å². The molecule has 1 saturated carbocycles. The highest BCUT2D eigenvalue weighted by Gasteiger charge is 2.47. The van der Waals surface area contributed by atoms with E-state index in [1.807, 2.05) is 0 Å². The Balaban J connectivity index is 2.21. The molecule has 1 aromatic heterocycles. The fourth-order valence-corrected chi connectivity index (χ4v) is 1.35. The standard InChI is InChI=1S/C8H9N3O2/c12-7(13)11-8(2-3-8)6-1-4-9-5-10-6/h1,4-5,11H,2-3H2,(H,12,13). The zero-order valence-corrected chi connectivity index (χ0v) is 6.90. The number of nitrogens with one attached hydrogen (secondary N) is 1. The van der Waals surface area contributed by atoms with E-state index in [-0.39, 0.29) is 0 Å². The number of nitrogens with zero attached hydrogens (tertiary/aromatic N) is 2. The van der Waals surface area contributed by atoms with Gasteiger partial charge in [-0.3, -0.25) is 0 Å². The second-order valence-electron chi connectivity index (χ2n) is 3.11. The van der Waals surface area contributed by atoms with Crippen LogP contribution in [-0.2, 0) is 5.54 Å².